The number of esters is 1. The molecule has 0 bridgehead atoms. The molecule has 6 heteroatoms. The Bertz CT molecular complexity index is 999. The zero-order chi connectivity index (χ0) is 22.1. The number of Topliss-reactive ketones (excluding diaryl/α,β-unsaturated/α-hetero) is 1. The number of aryl methyl sites for hydroxylation is 1. The van der Waals surface area contributed by atoms with Crippen molar-refractivity contribution in [3.8, 4) is 0 Å². The van der Waals surface area contributed by atoms with E-state index < -0.39 is 12.1 Å². The average Bonchev–Trinajstić information content (AvgIpc) is 3.04. The molecule has 1 saturated carbocycles. The van der Waals surface area contributed by atoms with Gasteiger partial charge in [-0.05, 0) is 51.7 Å². The Kier molecular flexibility index (Phi) is 5.72. The minimum absolute atomic E-state index is 0.219. The van der Waals surface area contributed by atoms with Crippen LogP contribution in [-0.4, -0.2) is 40.6 Å². The molecule has 6 nitrogen and oxygen atoms in total. The van der Waals surface area contributed by atoms with Crippen LogP contribution in [0, 0.1) is 12.8 Å². The highest BCUT2D eigenvalue weighted by molar-refractivity contribution is 6.21. The number of ether oxygens (including phenoxy) is 1. The molecular weight excluding hydrogens is 394 g/mol. The molecule has 1 aliphatic carbocycles. The maximum absolute atomic E-state index is 12.7. The van der Waals surface area contributed by atoms with E-state index in [4.69, 9.17) is 4.74 Å². The van der Waals surface area contributed by atoms with Crippen LogP contribution < -0.4 is 0 Å². The number of imide groups is 1. The number of hydrogen-bond acceptors (Lipinski definition) is 5. The van der Waals surface area contributed by atoms with Gasteiger partial charge < -0.3 is 4.74 Å². The number of amides is 2. The second-order valence-corrected chi connectivity index (χ2v) is 8.34. The highest BCUT2D eigenvalue weighted by Gasteiger charge is 2.42. The number of carbonyl (C=O) groups excluding carboxylic acids is 4. The molecule has 1 aliphatic heterocycles. The van der Waals surface area contributed by atoms with Crippen molar-refractivity contribution < 1.29 is 23.9 Å². The SMILES string of the molecule is Cc1ccc(C(=O)[C@H](C)OC(=O)C2CCC(N3C(=O)c4ccccc4C3=O)CC2)cc1. The number of nitrogens with zero attached hydrogens (tertiary/aromatic N) is 1. The summed E-state index contributed by atoms with van der Waals surface area (Å²) >= 11 is 0. The van der Waals surface area contributed by atoms with Crippen LogP contribution in [0.3, 0.4) is 0 Å². The van der Waals surface area contributed by atoms with Crippen LogP contribution in [0.25, 0.3) is 0 Å². The molecule has 160 valence electrons. The summed E-state index contributed by atoms with van der Waals surface area (Å²) in [6, 6.07) is 13.8. The lowest BCUT2D eigenvalue weighted by Crippen LogP contribution is -2.43. The van der Waals surface area contributed by atoms with E-state index in [9.17, 15) is 19.2 Å². The summed E-state index contributed by atoms with van der Waals surface area (Å²) in [6.07, 6.45) is 1.27. The standard InChI is InChI=1S/C25H25NO5/c1-15-7-9-17(10-8-15)22(27)16(2)31-25(30)18-11-13-19(14-12-18)26-23(28)20-5-3-4-6-21(20)24(26)29/h3-10,16,18-19H,11-14H2,1-2H3/t16-,18?,19?/m0/s1. The van der Waals surface area contributed by atoms with Crippen molar-refractivity contribution in [1.82, 2.24) is 4.90 Å². The van der Waals surface area contributed by atoms with Crippen molar-refractivity contribution in [2.45, 2.75) is 51.7 Å². The van der Waals surface area contributed by atoms with Gasteiger partial charge in [0.1, 0.15) is 0 Å². The summed E-state index contributed by atoms with van der Waals surface area (Å²) in [5.41, 5.74) is 2.45. The maximum Gasteiger partial charge on any atom is 0.309 e. The molecule has 0 aromatic heterocycles. The van der Waals surface area contributed by atoms with Crippen molar-refractivity contribution in [3.63, 3.8) is 0 Å². The fraction of sp³-hybridized carbons (Fsp3) is 0.360. The summed E-state index contributed by atoms with van der Waals surface area (Å²) in [7, 11) is 0. The predicted octanol–water partition coefficient (Wildman–Crippen LogP) is 3.96. The highest BCUT2D eigenvalue weighted by Crippen LogP contribution is 2.33. The normalized spacial score (nSPS) is 21.5. The van der Waals surface area contributed by atoms with E-state index >= 15 is 0 Å². The molecule has 0 N–H and O–H groups in total. The number of ketones is 1. The van der Waals surface area contributed by atoms with E-state index in [2.05, 4.69) is 0 Å². The Morgan fingerprint density at radius 3 is 2.00 bits per heavy atom. The smallest absolute Gasteiger partial charge is 0.309 e. The van der Waals surface area contributed by atoms with Gasteiger partial charge in [0.25, 0.3) is 11.8 Å². The largest absolute Gasteiger partial charge is 0.454 e. The van der Waals surface area contributed by atoms with Crippen LogP contribution in [0.4, 0.5) is 0 Å². The van der Waals surface area contributed by atoms with Gasteiger partial charge in [-0.1, -0.05) is 42.0 Å². The lowest BCUT2D eigenvalue weighted by Gasteiger charge is -2.32. The van der Waals surface area contributed by atoms with E-state index in [0.717, 1.165) is 5.56 Å². The van der Waals surface area contributed by atoms with Gasteiger partial charge in [-0.15, -0.1) is 0 Å². The van der Waals surface area contributed by atoms with E-state index in [0.29, 0.717) is 42.4 Å². The summed E-state index contributed by atoms with van der Waals surface area (Å²) < 4.78 is 5.45. The monoisotopic (exact) mass is 419 g/mol. The van der Waals surface area contributed by atoms with Crippen molar-refractivity contribution >= 4 is 23.6 Å². The molecule has 0 radical (unpaired) electrons. The van der Waals surface area contributed by atoms with Crippen LogP contribution in [-0.2, 0) is 9.53 Å². The topological polar surface area (TPSA) is 80.8 Å². The molecule has 0 spiro atoms. The Morgan fingerprint density at radius 2 is 1.45 bits per heavy atom. The quantitative estimate of drug-likeness (QED) is 0.416. The number of rotatable bonds is 5. The van der Waals surface area contributed by atoms with Gasteiger partial charge in [-0.25, -0.2) is 0 Å². The van der Waals surface area contributed by atoms with E-state index in [1.807, 2.05) is 19.1 Å². The molecular formula is C25H25NO5. The van der Waals surface area contributed by atoms with Gasteiger partial charge in [-0.2, -0.15) is 0 Å². The van der Waals surface area contributed by atoms with Gasteiger partial charge in [0.05, 0.1) is 17.0 Å². The zero-order valence-electron chi connectivity index (χ0n) is 17.7. The maximum atomic E-state index is 12.7. The van der Waals surface area contributed by atoms with Gasteiger partial charge in [0, 0.05) is 11.6 Å². The molecule has 0 unspecified atom stereocenters. The van der Waals surface area contributed by atoms with Crippen LogP contribution in [0.1, 0.15) is 69.2 Å². The lowest BCUT2D eigenvalue weighted by atomic mass is 9.85. The van der Waals surface area contributed by atoms with Crippen molar-refractivity contribution in [1.29, 1.82) is 0 Å². The number of benzene rings is 2. The van der Waals surface area contributed by atoms with Gasteiger partial charge in [0.2, 0.25) is 5.78 Å². The van der Waals surface area contributed by atoms with E-state index in [-0.39, 0.29) is 29.6 Å². The number of hydrogen-bond donors (Lipinski definition) is 0. The van der Waals surface area contributed by atoms with Crippen LogP contribution in [0.15, 0.2) is 48.5 Å². The van der Waals surface area contributed by atoms with Gasteiger partial charge in [0.15, 0.2) is 6.10 Å². The first-order chi connectivity index (χ1) is 14.9. The Balaban J connectivity index is 1.33. The predicted molar refractivity (Wildman–Crippen MR) is 114 cm³/mol. The average molecular weight is 419 g/mol. The third-order valence-electron chi connectivity index (χ3n) is 6.22. The first-order valence-corrected chi connectivity index (χ1v) is 10.6. The summed E-state index contributed by atoms with van der Waals surface area (Å²) in [6.45, 7) is 3.53. The molecule has 1 atom stereocenters. The third-order valence-corrected chi connectivity index (χ3v) is 6.22. The molecule has 0 saturated heterocycles. The second-order valence-electron chi connectivity index (χ2n) is 8.34. The number of fused-ring (bicyclic) bond motifs is 1. The van der Waals surface area contributed by atoms with Crippen LogP contribution in [0.2, 0.25) is 0 Å². The van der Waals surface area contributed by atoms with Gasteiger partial charge >= 0.3 is 5.97 Å². The Labute approximate surface area is 181 Å². The molecule has 2 aliphatic rings. The summed E-state index contributed by atoms with van der Waals surface area (Å²) in [5.74, 6) is -1.48. The molecule has 2 aromatic carbocycles. The molecule has 4 rings (SSSR count). The van der Waals surface area contributed by atoms with Crippen LogP contribution >= 0.6 is 0 Å². The Morgan fingerprint density at radius 1 is 0.903 bits per heavy atom. The van der Waals surface area contributed by atoms with Crippen LogP contribution in [0.5, 0.6) is 0 Å². The molecule has 31 heavy (non-hydrogen) atoms. The van der Waals surface area contributed by atoms with Crippen molar-refractivity contribution in [2.75, 3.05) is 0 Å². The van der Waals surface area contributed by atoms with E-state index in [1.165, 1.54) is 4.90 Å². The minimum Gasteiger partial charge on any atom is -0.454 e. The molecule has 2 amide bonds. The first-order valence-electron chi connectivity index (χ1n) is 10.6. The zero-order valence-corrected chi connectivity index (χ0v) is 17.7. The molecule has 2 aromatic rings. The first kappa shape index (κ1) is 21.0. The second kappa shape index (κ2) is 8.46. The summed E-state index contributed by atoms with van der Waals surface area (Å²) in [4.78, 5) is 51.8. The summed E-state index contributed by atoms with van der Waals surface area (Å²) in [5, 5.41) is 0. The molecule has 1 fully saturated rings. The third kappa shape index (κ3) is 4.02. The van der Waals surface area contributed by atoms with Crippen molar-refractivity contribution in [3.05, 3.63) is 70.8 Å². The number of carbonyl (C=O) groups is 4. The minimum atomic E-state index is -0.857. The van der Waals surface area contributed by atoms with Crippen molar-refractivity contribution in [2.24, 2.45) is 5.92 Å². The Hall–Kier alpha value is -3.28. The van der Waals surface area contributed by atoms with Gasteiger partial charge in [-0.3, -0.25) is 24.1 Å². The fourth-order valence-electron chi connectivity index (χ4n) is 4.39. The highest BCUT2D eigenvalue weighted by atomic mass is 16.5. The lowest BCUT2D eigenvalue weighted by molar-refractivity contribution is -0.152. The fourth-order valence-corrected chi connectivity index (χ4v) is 4.39. The van der Waals surface area contributed by atoms with E-state index in [1.54, 1.807) is 43.3 Å². The molecule has 1 heterocycles.